The predicted octanol–water partition coefficient (Wildman–Crippen LogP) is 3.49. The van der Waals surface area contributed by atoms with Crippen LogP contribution in [0, 0.1) is 6.92 Å². The number of piperidine rings is 1. The van der Waals surface area contributed by atoms with Crippen LogP contribution in [0.5, 0.6) is 0 Å². The molecule has 1 saturated heterocycles. The highest BCUT2D eigenvalue weighted by Gasteiger charge is 2.27. The summed E-state index contributed by atoms with van der Waals surface area (Å²) in [5.41, 5.74) is 2.90. The number of para-hydroxylation sites is 2. The Hall–Kier alpha value is -2.50. The molecule has 0 radical (unpaired) electrons. The Labute approximate surface area is 147 Å². The first kappa shape index (κ1) is 16.0. The van der Waals surface area contributed by atoms with Crippen LogP contribution in [0.15, 0.2) is 30.6 Å². The molecule has 0 amide bonds. The van der Waals surface area contributed by atoms with E-state index in [1.165, 1.54) is 0 Å². The predicted molar refractivity (Wildman–Crippen MR) is 98.9 cm³/mol. The highest BCUT2D eigenvalue weighted by Crippen LogP contribution is 2.30. The molecule has 1 aliphatic rings. The maximum atomic E-state index is 4.89. The lowest BCUT2D eigenvalue weighted by molar-refractivity contribution is 0.452. The van der Waals surface area contributed by atoms with Crippen molar-refractivity contribution in [3.63, 3.8) is 0 Å². The summed E-state index contributed by atoms with van der Waals surface area (Å²) in [5.74, 6) is 2.47. The third-order valence-electron chi connectivity index (χ3n) is 4.96. The molecule has 0 spiro atoms. The van der Waals surface area contributed by atoms with Crippen molar-refractivity contribution in [3.8, 4) is 0 Å². The molecule has 1 atom stereocenters. The van der Waals surface area contributed by atoms with Gasteiger partial charge in [-0.2, -0.15) is 0 Å². The standard InChI is InChI=1S/C19H24N6/c1-13(2)25-12-20-23-19(25)15-7-6-10-24(11-15)18-14(3)21-16-8-4-5-9-17(16)22-18/h4-5,8-9,12-13,15H,6-7,10-11H2,1-3H3. The smallest absolute Gasteiger partial charge is 0.150 e. The van der Waals surface area contributed by atoms with E-state index in [0.29, 0.717) is 12.0 Å². The van der Waals surface area contributed by atoms with Gasteiger partial charge in [-0.15, -0.1) is 10.2 Å². The minimum atomic E-state index is 0.377. The first-order chi connectivity index (χ1) is 12.1. The molecule has 0 bridgehead atoms. The molecule has 1 unspecified atom stereocenters. The number of rotatable bonds is 3. The van der Waals surface area contributed by atoms with Crippen LogP contribution in [0.4, 0.5) is 5.82 Å². The van der Waals surface area contributed by atoms with E-state index in [-0.39, 0.29) is 0 Å². The molecule has 0 aliphatic carbocycles. The largest absolute Gasteiger partial charge is 0.354 e. The maximum Gasteiger partial charge on any atom is 0.150 e. The van der Waals surface area contributed by atoms with Crippen molar-refractivity contribution in [1.82, 2.24) is 24.7 Å². The van der Waals surface area contributed by atoms with Gasteiger partial charge in [0.2, 0.25) is 0 Å². The summed E-state index contributed by atoms with van der Waals surface area (Å²) in [6.07, 6.45) is 4.12. The Morgan fingerprint density at radius 3 is 2.64 bits per heavy atom. The molecule has 130 valence electrons. The van der Waals surface area contributed by atoms with E-state index in [2.05, 4.69) is 40.4 Å². The van der Waals surface area contributed by atoms with Gasteiger partial charge in [0.05, 0.1) is 16.7 Å². The Morgan fingerprint density at radius 2 is 1.88 bits per heavy atom. The third kappa shape index (κ3) is 2.97. The number of hydrogen-bond acceptors (Lipinski definition) is 5. The number of anilines is 1. The molecule has 2 aromatic heterocycles. The molecule has 3 aromatic rings. The second-order valence-electron chi connectivity index (χ2n) is 7.10. The van der Waals surface area contributed by atoms with Gasteiger partial charge in [0, 0.05) is 25.0 Å². The average Bonchev–Trinajstić information content (AvgIpc) is 3.11. The van der Waals surface area contributed by atoms with Gasteiger partial charge in [0.15, 0.2) is 5.82 Å². The van der Waals surface area contributed by atoms with Crippen molar-refractivity contribution < 1.29 is 0 Å². The van der Waals surface area contributed by atoms with Gasteiger partial charge in [0.1, 0.15) is 12.2 Å². The summed E-state index contributed by atoms with van der Waals surface area (Å²) < 4.78 is 2.19. The fourth-order valence-electron chi connectivity index (χ4n) is 3.70. The van der Waals surface area contributed by atoms with Gasteiger partial charge in [-0.3, -0.25) is 0 Å². The van der Waals surface area contributed by atoms with Crippen LogP contribution in [-0.4, -0.2) is 37.8 Å². The lowest BCUT2D eigenvalue weighted by Crippen LogP contribution is -2.36. The monoisotopic (exact) mass is 336 g/mol. The Balaban J connectivity index is 1.65. The van der Waals surface area contributed by atoms with Crippen LogP contribution in [0.1, 0.15) is 50.2 Å². The molecule has 4 rings (SSSR count). The zero-order chi connectivity index (χ0) is 17.4. The number of aromatic nitrogens is 5. The highest BCUT2D eigenvalue weighted by molar-refractivity contribution is 5.76. The maximum absolute atomic E-state index is 4.89. The molecular weight excluding hydrogens is 312 g/mol. The van der Waals surface area contributed by atoms with Crippen molar-refractivity contribution in [2.24, 2.45) is 0 Å². The number of benzene rings is 1. The molecule has 0 saturated carbocycles. The van der Waals surface area contributed by atoms with Crippen LogP contribution in [0.3, 0.4) is 0 Å². The first-order valence-electron chi connectivity index (χ1n) is 9.01. The average molecular weight is 336 g/mol. The van der Waals surface area contributed by atoms with Crippen molar-refractivity contribution in [2.75, 3.05) is 18.0 Å². The summed E-state index contributed by atoms with van der Waals surface area (Å²) in [6, 6.07) is 8.44. The van der Waals surface area contributed by atoms with E-state index in [1.807, 2.05) is 30.6 Å². The normalized spacial score (nSPS) is 18.2. The summed E-state index contributed by atoms with van der Waals surface area (Å²) in [5, 5.41) is 8.55. The molecule has 6 heteroatoms. The summed E-state index contributed by atoms with van der Waals surface area (Å²) >= 11 is 0. The third-order valence-corrected chi connectivity index (χ3v) is 4.96. The van der Waals surface area contributed by atoms with Gasteiger partial charge in [-0.05, 0) is 45.7 Å². The van der Waals surface area contributed by atoms with Crippen molar-refractivity contribution >= 4 is 16.9 Å². The Morgan fingerprint density at radius 1 is 1.12 bits per heavy atom. The fourth-order valence-corrected chi connectivity index (χ4v) is 3.70. The van der Waals surface area contributed by atoms with Crippen molar-refractivity contribution in [3.05, 3.63) is 42.1 Å². The fraction of sp³-hybridized carbons (Fsp3) is 0.474. The summed E-state index contributed by atoms with van der Waals surface area (Å²) in [7, 11) is 0. The van der Waals surface area contributed by atoms with Crippen LogP contribution >= 0.6 is 0 Å². The molecule has 1 aliphatic heterocycles. The second-order valence-corrected chi connectivity index (χ2v) is 7.10. The molecular formula is C19H24N6. The molecule has 1 aromatic carbocycles. The minimum absolute atomic E-state index is 0.377. The SMILES string of the molecule is Cc1nc2ccccc2nc1N1CCCC(c2nncn2C(C)C)C1. The Bertz CT molecular complexity index is 885. The molecule has 1 fully saturated rings. The van der Waals surface area contributed by atoms with Gasteiger partial charge < -0.3 is 9.47 Å². The zero-order valence-corrected chi connectivity index (χ0v) is 15.1. The van der Waals surface area contributed by atoms with Gasteiger partial charge in [-0.25, -0.2) is 9.97 Å². The number of aryl methyl sites for hydroxylation is 1. The number of fused-ring (bicyclic) bond motifs is 1. The topological polar surface area (TPSA) is 59.7 Å². The second kappa shape index (κ2) is 6.43. The molecule has 0 N–H and O–H groups in total. The van der Waals surface area contributed by atoms with Crippen LogP contribution in [0.25, 0.3) is 11.0 Å². The van der Waals surface area contributed by atoms with Crippen molar-refractivity contribution in [2.45, 2.75) is 45.6 Å². The summed E-state index contributed by atoms with van der Waals surface area (Å²) in [4.78, 5) is 12.0. The lowest BCUT2D eigenvalue weighted by atomic mass is 9.96. The quantitative estimate of drug-likeness (QED) is 0.733. The van der Waals surface area contributed by atoms with E-state index >= 15 is 0 Å². The zero-order valence-electron chi connectivity index (χ0n) is 15.1. The Kier molecular flexibility index (Phi) is 4.11. The molecule has 6 nitrogen and oxygen atoms in total. The van der Waals surface area contributed by atoms with Crippen LogP contribution in [-0.2, 0) is 0 Å². The van der Waals surface area contributed by atoms with Crippen molar-refractivity contribution in [1.29, 1.82) is 0 Å². The van der Waals surface area contributed by atoms with E-state index in [0.717, 1.165) is 54.3 Å². The molecule has 3 heterocycles. The van der Waals surface area contributed by atoms with E-state index in [1.54, 1.807) is 0 Å². The van der Waals surface area contributed by atoms with Gasteiger partial charge in [0.25, 0.3) is 0 Å². The van der Waals surface area contributed by atoms with Gasteiger partial charge in [-0.1, -0.05) is 12.1 Å². The minimum Gasteiger partial charge on any atom is -0.354 e. The van der Waals surface area contributed by atoms with E-state index in [4.69, 9.17) is 9.97 Å². The molecule has 25 heavy (non-hydrogen) atoms. The van der Waals surface area contributed by atoms with E-state index in [9.17, 15) is 0 Å². The lowest BCUT2D eigenvalue weighted by Gasteiger charge is -2.34. The summed E-state index contributed by atoms with van der Waals surface area (Å²) in [6.45, 7) is 8.33. The number of hydrogen-bond donors (Lipinski definition) is 0. The van der Waals surface area contributed by atoms with E-state index < -0.39 is 0 Å². The number of nitrogens with zero attached hydrogens (tertiary/aromatic N) is 6. The highest BCUT2D eigenvalue weighted by atomic mass is 15.3. The van der Waals surface area contributed by atoms with Crippen LogP contribution in [0.2, 0.25) is 0 Å². The first-order valence-corrected chi connectivity index (χ1v) is 9.01. The van der Waals surface area contributed by atoms with Crippen LogP contribution < -0.4 is 4.90 Å². The van der Waals surface area contributed by atoms with Gasteiger partial charge >= 0.3 is 0 Å².